The van der Waals surface area contributed by atoms with Gasteiger partial charge in [-0.1, -0.05) is 13.8 Å². The minimum atomic E-state index is -0.0364. The second kappa shape index (κ2) is 4.69. The summed E-state index contributed by atoms with van der Waals surface area (Å²) in [6.45, 7) is 5.50. The molecule has 0 unspecified atom stereocenters. The first kappa shape index (κ1) is 13.5. The van der Waals surface area contributed by atoms with E-state index in [1.807, 2.05) is 6.20 Å². The molecule has 0 bridgehead atoms. The van der Waals surface area contributed by atoms with Gasteiger partial charge in [-0.25, -0.2) is 4.98 Å². The van der Waals surface area contributed by atoms with Crippen LogP contribution >= 0.6 is 0 Å². The summed E-state index contributed by atoms with van der Waals surface area (Å²) in [4.78, 5) is 16.7. The van der Waals surface area contributed by atoms with Crippen LogP contribution < -0.4 is 5.32 Å². The van der Waals surface area contributed by atoms with Crippen molar-refractivity contribution in [2.45, 2.75) is 45.6 Å². The smallest absolute Gasteiger partial charge is 0.254 e. The zero-order chi connectivity index (χ0) is 15.3. The second-order valence-electron chi connectivity index (χ2n) is 7.16. The van der Waals surface area contributed by atoms with Crippen molar-refractivity contribution in [1.82, 2.24) is 20.1 Å². The lowest BCUT2D eigenvalue weighted by atomic mass is 9.88. The summed E-state index contributed by atoms with van der Waals surface area (Å²) in [6.07, 6.45) is 6.65. The van der Waals surface area contributed by atoms with Gasteiger partial charge in [0.15, 0.2) is 5.89 Å². The van der Waals surface area contributed by atoms with Crippen LogP contribution in [0.4, 0.5) is 0 Å². The van der Waals surface area contributed by atoms with Gasteiger partial charge in [0.25, 0.3) is 5.91 Å². The van der Waals surface area contributed by atoms with E-state index in [1.54, 1.807) is 10.9 Å². The monoisotopic (exact) mass is 300 g/mol. The predicted molar refractivity (Wildman–Crippen MR) is 79.6 cm³/mol. The van der Waals surface area contributed by atoms with Gasteiger partial charge in [-0.15, -0.1) is 0 Å². The third-order valence-electron chi connectivity index (χ3n) is 4.28. The van der Waals surface area contributed by atoms with Crippen molar-refractivity contribution in [3.63, 3.8) is 0 Å². The van der Waals surface area contributed by atoms with Crippen molar-refractivity contribution >= 4 is 5.91 Å². The van der Waals surface area contributed by atoms with E-state index in [1.165, 1.54) is 12.8 Å². The van der Waals surface area contributed by atoms with Crippen molar-refractivity contribution in [2.75, 3.05) is 6.54 Å². The highest BCUT2D eigenvalue weighted by atomic mass is 16.3. The van der Waals surface area contributed by atoms with Gasteiger partial charge in [0, 0.05) is 18.7 Å². The van der Waals surface area contributed by atoms with Crippen LogP contribution in [-0.4, -0.2) is 27.2 Å². The topological polar surface area (TPSA) is 73.0 Å². The maximum Gasteiger partial charge on any atom is 0.254 e. The molecule has 1 N–H and O–H groups in total. The number of nitrogens with one attached hydrogen (secondary N) is 1. The molecule has 0 radical (unpaired) electrons. The van der Waals surface area contributed by atoms with Crippen LogP contribution in [0.25, 0.3) is 0 Å². The van der Waals surface area contributed by atoms with Crippen LogP contribution in [0, 0.1) is 5.41 Å². The molecule has 6 nitrogen and oxygen atoms in total. The summed E-state index contributed by atoms with van der Waals surface area (Å²) >= 11 is 0. The summed E-state index contributed by atoms with van der Waals surface area (Å²) in [5.74, 6) is 1.31. The maximum atomic E-state index is 12.2. The predicted octanol–water partition coefficient (Wildman–Crippen LogP) is 2.11. The molecule has 116 valence electrons. The lowest BCUT2D eigenvalue weighted by Gasteiger charge is -2.21. The van der Waals surface area contributed by atoms with E-state index in [0.717, 1.165) is 23.7 Å². The van der Waals surface area contributed by atoms with Crippen LogP contribution in [0.5, 0.6) is 0 Å². The highest BCUT2D eigenvalue weighted by molar-refractivity contribution is 5.95. The molecule has 2 aromatic rings. The first-order valence-electron chi connectivity index (χ1n) is 7.79. The van der Waals surface area contributed by atoms with Crippen LogP contribution in [0.1, 0.15) is 60.2 Å². The van der Waals surface area contributed by atoms with E-state index in [4.69, 9.17) is 4.42 Å². The van der Waals surface area contributed by atoms with Crippen LogP contribution in [0.15, 0.2) is 16.9 Å². The van der Waals surface area contributed by atoms with E-state index < -0.39 is 0 Å². The normalized spacial score (nSPS) is 20.4. The van der Waals surface area contributed by atoms with Gasteiger partial charge in [0.1, 0.15) is 12.0 Å². The molecule has 6 heteroatoms. The Morgan fingerprint density at radius 3 is 3.05 bits per heavy atom. The molecule has 0 spiro atoms. The van der Waals surface area contributed by atoms with E-state index in [-0.39, 0.29) is 11.3 Å². The van der Waals surface area contributed by atoms with E-state index in [9.17, 15) is 4.79 Å². The number of amides is 1. The third kappa shape index (κ3) is 2.53. The standard InChI is InChI=1S/C16H20N4O2/c1-16(2)5-13-12(14(21)17-9-16)7-20(19-13)6-11-8-22-15(18-11)10-3-4-10/h7-8,10H,3-6,9H2,1-2H3,(H,17,21). The number of aromatic nitrogens is 3. The van der Waals surface area contributed by atoms with Gasteiger partial charge >= 0.3 is 0 Å². The number of carbonyl (C=O) groups is 1. The van der Waals surface area contributed by atoms with Crippen molar-refractivity contribution in [3.8, 4) is 0 Å². The molecule has 3 heterocycles. The Balaban J connectivity index is 1.58. The highest BCUT2D eigenvalue weighted by Crippen LogP contribution is 2.39. The summed E-state index contributed by atoms with van der Waals surface area (Å²) < 4.78 is 7.30. The first-order chi connectivity index (χ1) is 10.5. The van der Waals surface area contributed by atoms with E-state index in [2.05, 4.69) is 29.2 Å². The second-order valence-corrected chi connectivity index (χ2v) is 7.16. The molecule has 22 heavy (non-hydrogen) atoms. The Labute approximate surface area is 128 Å². The molecule has 4 rings (SSSR count). The summed E-state index contributed by atoms with van der Waals surface area (Å²) in [7, 11) is 0. The maximum absolute atomic E-state index is 12.2. The average Bonchev–Trinajstić information content (AvgIpc) is 3.11. The van der Waals surface area contributed by atoms with Gasteiger partial charge in [0.2, 0.25) is 0 Å². The Bertz CT molecular complexity index is 724. The number of nitrogens with zero attached hydrogens (tertiary/aromatic N) is 3. The number of carbonyl (C=O) groups excluding carboxylic acids is 1. The zero-order valence-electron chi connectivity index (χ0n) is 12.9. The zero-order valence-corrected chi connectivity index (χ0v) is 12.9. The molecule has 1 amide bonds. The van der Waals surface area contributed by atoms with E-state index in [0.29, 0.717) is 24.6 Å². The third-order valence-corrected chi connectivity index (χ3v) is 4.28. The molecule has 1 fully saturated rings. The Kier molecular flexibility index (Phi) is 2.89. The largest absolute Gasteiger partial charge is 0.448 e. The lowest BCUT2D eigenvalue weighted by Crippen LogP contribution is -2.31. The van der Waals surface area contributed by atoms with Crippen molar-refractivity contribution in [1.29, 1.82) is 0 Å². The number of rotatable bonds is 3. The summed E-state index contributed by atoms with van der Waals surface area (Å²) in [5, 5.41) is 7.57. The quantitative estimate of drug-likeness (QED) is 0.942. The van der Waals surface area contributed by atoms with Crippen LogP contribution in [-0.2, 0) is 13.0 Å². The molecular formula is C16H20N4O2. The van der Waals surface area contributed by atoms with Crippen molar-refractivity contribution < 1.29 is 9.21 Å². The Hall–Kier alpha value is -2.11. The van der Waals surface area contributed by atoms with Crippen LogP contribution in [0.2, 0.25) is 0 Å². The summed E-state index contributed by atoms with van der Waals surface area (Å²) in [6, 6.07) is 0. The molecule has 1 aliphatic carbocycles. The Morgan fingerprint density at radius 2 is 2.27 bits per heavy atom. The fraction of sp³-hybridized carbons (Fsp3) is 0.562. The van der Waals surface area contributed by atoms with E-state index >= 15 is 0 Å². The first-order valence-corrected chi connectivity index (χ1v) is 7.79. The number of oxazole rings is 1. The van der Waals surface area contributed by atoms with Gasteiger partial charge < -0.3 is 9.73 Å². The molecular weight excluding hydrogens is 280 g/mol. The minimum Gasteiger partial charge on any atom is -0.448 e. The minimum absolute atomic E-state index is 0.0210. The van der Waals surface area contributed by atoms with Gasteiger partial charge in [-0.3, -0.25) is 9.48 Å². The molecule has 0 aromatic carbocycles. The average molecular weight is 300 g/mol. The van der Waals surface area contributed by atoms with Crippen molar-refractivity contribution in [3.05, 3.63) is 35.3 Å². The lowest BCUT2D eigenvalue weighted by molar-refractivity contribution is 0.0944. The highest BCUT2D eigenvalue weighted by Gasteiger charge is 2.30. The van der Waals surface area contributed by atoms with Crippen molar-refractivity contribution in [2.24, 2.45) is 5.41 Å². The van der Waals surface area contributed by atoms with Gasteiger partial charge in [0.05, 0.1) is 17.8 Å². The summed E-state index contributed by atoms with van der Waals surface area (Å²) in [5.41, 5.74) is 2.43. The van der Waals surface area contributed by atoms with Gasteiger partial charge in [-0.2, -0.15) is 5.10 Å². The molecule has 0 atom stereocenters. The molecule has 1 aliphatic heterocycles. The number of fused-ring (bicyclic) bond motifs is 1. The molecule has 0 saturated heterocycles. The molecule has 2 aliphatic rings. The SMILES string of the molecule is CC1(C)CNC(=O)c2cn(Cc3coc(C4CC4)n3)nc2C1. The van der Waals surface area contributed by atoms with Crippen LogP contribution in [0.3, 0.4) is 0 Å². The number of hydrogen-bond donors (Lipinski definition) is 1. The fourth-order valence-corrected chi connectivity index (χ4v) is 2.87. The van der Waals surface area contributed by atoms with Gasteiger partial charge in [-0.05, 0) is 24.7 Å². The number of hydrogen-bond acceptors (Lipinski definition) is 4. The molecule has 2 aromatic heterocycles. The fourth-order valence-electron chi connectivity index (χ4n) is 2.87. The molecule has 1 saturated carbocycles. The Morgan fingerprint density at radius 1 is 1.45 bits per heavy atom.